The van der Waals surface area contributed by atoms with Gasteiger partial charge in [0.1, 0.15) is 5.69 Å². The summed E-state index contributed by atoms with van der Waals surface area (Å²) in [4.78, 5) is 11.7. The van der Waals surface area contributed by atoms with E-state index >= 15 is 0 Å². The van der Waals surface area contributed by atoms with Crippen LogP contribution >= 0.6 is 0 Å². The molecular weight excluding hydrogens is 192 g/mol. The number of hydrogen-bond acceptors (Lipinski definition) is 3. The number of aromatic nitrogens is 2. The third kappa shape index (κ3) is 2.79. The van der Waals surface area contributed by atoms with Gasteiger partial charge in [-0.05, 0) is 26.8 Å². The molecule has 0 aliphatic rings. The average molecular weight is 210 g/mol. The topological polar surface area (TPSA) is 72.9 Å². The molecule has 1 aromatic heterocycles. The second-order valence-electron chi connectivity index (χ2n) is 4.34. The summed E-state index contributed by atoms with van der Waals surface area (Å²) in [7, 11) is 1.77. The van der Waals surface area contributed by atoms with Gasteiger partial charge in [0.25, 0.3) is 5.91 Å². The molecule has 1 amide bonds. The van der Waals surface area contributed by atoms with Crippen LogP contribution in [0.5, 0.6) is 0 Å². The Labute approximate surface area is 89.6 Å². The number of aryl methyl sites for hydroxylation is 1. The second kappa shape index (κ2) is 4.02. The van der Waals surface area contributed by atoms with Crippen molar-refractivity contribution in [3.63, 3.8) is 0 Å². The van der Waals surface area contributed by atoms with Gasteiger partial charge in [0.2, 0.25) is 0 Å². The zero-order valence-corrected chi connectivity index (χ0v) is 9.61. The largest absolute Gasteiger partial charge is 0.344 e. The molecule has 1 aromatic rings. The lowest BCUT2D eigenvalue weighted by Crippen LogP contribution is -2.54. The molecule has 0 aromatic carbocycles. The van der Waals surface area contributed by atoms with Crippen LogP contribution in [-0.2, 0) is 7.05 Å². The van der Waals surface area contributed by atoms with Crippen LogP contribution in [0.4, 0.5) is 0 Å². The van der Waals surface area contributed by atoms with Gasteiger partial charge in [-0.1, -0.05) is 0 Å². The molecule has 0 saturated heterocycles. The molecule has 0 aliphatic carbocycles. The standard InChI is InChI=1S/C10H18N4O/c1-7(11)10(2,3)12-9(15)8-5-6-14(4)13-8/h5-7H,11H2,1-4H3,(H,12,15). The summed E-state index contributed by atoms with van der Waals surface area (Å²) in [6.45, 7) is 5.63. The molecule has 1 heterocycles. The Balaban J connectivity index is 2.72. The highest BCUT2D eigenvalue weighted by Gasteiger charge is 2.26. The number of carbonyl (C=O) groups is 1. The van der Waals surface area contributed by atoms with Crippen molar-refractivity contribution < 1.29 is 4.79 Å². The van der Waals surface area contributed by atoms with Gasteiger partial charge in [0, 0.05) is 24.8 Å². The van der Waals surface area contributed by atoms with Crippen molar-refractivity contribution in [1.82, 2.24) is 15.1 Å². The van der Waals surface area contributed by atoms with Gasteiger partial charge in [-0.15, -0.1) is 0 Å². The number of amides is 1. The molecule has 0 saturated carbocycles. The highest BCUT2D eigenvalue weighted by molar-refractivity contribution is 5.92. The third-order valence-electron chi connectivity index (χ3n) is 2.52. The normalized spacial score (nSPS) is 13.7. The lowest BCUT2D eigenvalue weighted by atomic mass is 9.97. The highest BCUT2D eigenvalue weighted by atomic mass is 16.2. The zero-order valence-electron chi connectivity index (χ0n) is 9.61. The fraction of sp³-hybridized carbons (Fsp3) is 0.600. The Morgan fingerprint density at radius 3 is 2.67 bits per heavy atom. The molecule has 15 heavy (non-hydrogen) atoms. The predicted molar refractivity (Wildman–Crippen MR) is 58.4 cm³/mol. The summed E-state index contributed by atoms with van der Waals surface area (Å²) in [5, 5.41) is 6.86. The summed E-state index contributed by atoms with van der Waals surface area (Å²) in [5.74, 6) is -0.196. The number of carbonyl (C=O) groups excluding carboxylic acids is 1. The molecule has 0 fully saturated rings. The third-order valence-corrected chi connectivity index (χ3v) is 2.52. The minimum atomic E-state index is -0.436. The van der Waals surface area contributed by atoms with Gasteiger partial charge in [-0.25, -0.2) is 0 Å². The van der Waals surface area contributed by atoms with E-state index in [1.807, 2.05) is 20.8 Å². The first kappa shape index (κ1) is 11.7. The number of nitrogens with two attached hydrogens (primary N) is 1. The number of nitrogens with zero attached hydrogens (tertiary/aromatic N) is 2. The smallest absolute Gasteiger partial charge is 0.272 e. The minimum absolute atomic E-state index is 0.120. The molecule has 5 nitrogen and oxygen atoms in total. The van der Waals surface area contributed by atoms with Gasteiger partial charge >= 0.3 is 0 Å². The van der Waals surface area contributed by atoms with Crippen LogP contribution in [0.15, 0.2) is 12.3 Å². The van der Waals surface area contributed by atoms with Crippen molar-refractivity contribution in [3.8, 4) is 0 Å². The molecule has 84 valence electrons. The Morgan fingerprint density at radius 2 is 2.27 bits per heavy atom. The van der Waals surface area contributed by atoms with E-state index in [4.69, 9.17) is 5.73 Å². The number of rotatable bonds is 3. The van der Waals surface area contributed by atoms with Crippen molar-refractivity contribution in [2.75, 3.05) is 0 Å². The maximum absolute atomic E-state index is 11.7. The molecule has 1 unspecified atom stereocenters. The van der Waals surface area contributed by atoms with Gasteiger partial charge in [-0.2, -0.15) is 5.10 Å². The van der Waals surface area contributed by atoms with Gasteiger partial charge in [0.05, 0.1) is 0 Å². The van der Waals surface area contributed by atoms with Crippen molar-refractivity contribution in [2.45, 2.75) is 32.4 Å². The van der Waals surface area contributed by atoms with Crippen LogP contribution in [0.3, 0.4) is 0 Å². The molecular formula is C10H18N4O. The van der Waals surface area contributed by atoms with E-state index < -0.39 is 5.54 Å². The molecule has 3 N–H and O–H groups in total. The van der Waals surface area contributed by atoms with E-state index in [0.717, 1.165) is 0 Å². The second-order valence-corrected chi connectivity index (χ2v) is 4.34. The minimum Gasteiger partial charge on any atom is -0.344 e. The molecule has 0 aliphatic heterocycles. The van der Waals surface area contributed by atoms with Gasteiger partial charge in [0.15, 0.2) is 0 Å². The van der Waals surface area contributed by atoms with E-state index in [1.54, 1.807) is 24.0 Å². The van der Waals surface area contributed by atoms with E-state index in [-0.39, 0.29) is 11.9 Å². The van der Waals surface area contributed by atoms with Crippen LogP contribution in [0.2, 0.25) is 0 Å². The first-order valence-corrected chi connectivity index (χ1v) is 4.90. The lowest BCUT2D eigenvalue weighted by Gasteiger charge is -2.29. The first-order chi connectivity index (χ1) is 6.83. The molecule has 0 bridgehead atoms. The summed E-state index contributed by atoms with van der Waals surface area (Å²) in [6, 6.07) is 1.55. The fourth-order valence-corrected chi connectivity index (χ4v) is 1.01. The van der Waals surface area contributed by atoms with E-state index in [0.29, 0.717) is 5.69 Å². The molecule has 5 heteroatoms. The summed E-state index contributed by atoms with van der Waals surface area (Å²) >= 11 is 0. The number of hydrogen-bond donors (Lipinski definition) is 2. The van der Waals surface area contributed by atoms with Crippen LogP contribution in [0.1, 0.15) is 31.3 Å². The van der Waals surface area contributed by atoms with E-state index in [2.05, 4.69) is 10.4 Å². The van der Waals surface area contributed by atoms with Crippen molar-refractivity contribution in [2.24, 2.45) is 12.8 Å². The molecule has 0 spiro atoms. The van der Waals surface area contributed by atoms with Crippen LogP contribution in [0, 0.1) is 0 Å². The van der Waals surface area contributed by atoms with E-state index in [9.17, 15) is 4.79 Å². The quantitative estimate of drug-likeness (QED) is 0.752. The lowest BCUT2D eigenvalue weighted by molar-refractivity contribution is 0.0897. The van der Waals surface area contributed by atoms with Crippen LogP contribution < -0.4 is 11.1 Å². The highest BCUT2D eigenvalue weighted by Crippen LogP contribution is 2.07. The van der Waals surface area contributed by atoms with Crippen molar-refractivity contribution in [1.29, 1.82) is 0 Å². The van der Waals surface area contributed by atoms with Crippen molar-refractivity contribution >= 4 is 5.91 Å². The molecule has 1 rings (SSSR count). The van der Waals surface area contributed by atoms with Crippen molar-refractivity contribution in [3.05, 3.63) is 18.0 Å². The first-order valence-electron chi connectivity index (χ1n) is 4.90. The Hall–Kier alpha value is -1.36. The average Bonchev–Trinajstić information content (AvgIpc) is 2.50. The van der Waals surface area contributed by atoms with Gasteiger partial charge < -0.3 is 11.1 Å². The molecule has 0 radical (unpaired) electrons. The monoisotopic (exact) mass is 210 g/mol. The SMILES string of the molecule is CC(N)C(C)(C)NC(=O)c1ccn(C)n1. The summed E-state index contributed by atoms with van der Waals surface area (Å²) < 4.78 is 1.59. The maximum Gasteiger partial charge on any atom is 0.272 e. The maximum atomic E-state index is 11.7. The van der Waals surface area contributed by atoms with Crippen LogP contribution in [-0.4, -0.2) is 27.3 Å². The fourth-order valence-electron chi connectivity index (χ4n) is 1.01. The Bertz CT molecular complexity index is 354. The number of nitrogens with one attached hydrogen (secondary N) is 1. The molecule has 1 atom stereocenters. The summed E-state index contributed by atoms with van der Waals surface area (Å²) in [6.07, 6.45) is 1.73. The predicted octanol–water partition coefficient (Wildman–Crippen LogP) is 0.276. The van der Waals surface area contributed by atoms with Gasteiger partial charge in [-0.3, -0.25) is 9.48 Å². The zero-order chi connectivity index (χ0) is 11.6. The Morgan fingerprint density at radius 1 is 1.67 bits per heavy atom. The summed E-state index contributed by atoms with van der Waals surface area (Å²) in [5.41, 5.74) is 5.73. The van der Waals surface area contributed by atoms with E-state index in [1.165, 1.54) is 0 Å². The van der Waals surface area contributed by atoms with Crippen LogP contribution in [0.25, 0.3) is 0 Å². The Kier molecular flexibility index (Phi) is 3.14.